The number of hydrogen-bond donors (Lipinski definition) is 1. The summed E-state index contributed by atoms with van der Waals surface area (Å²) < 4.78 is 0. The van der Waals surface area contributed by atoms with Crippen LogP contribution < -0.4 is 5.32 Å². The van der Waals surface area contributed by atoms with E-state index in [0.717, 1.165) is 24.3 Å². The maximum Gasteiger partial charge on any atom is 0.0441 e. The second-order valence-corrected chi connectivity index (χ2v) is 4.53. The van der Waals surface area contributed by atoms with Crippen molar-refractivity contribution in [2.45, 2.75) is 6.42 Å². The minimum absolute atomic E-state index is 0.637. The first-order valence-electron chi connectivity index (χ1n) is 5.34. The van der Waals surface area contributed by atoms with Crippen LogP contribution >= 0.6 is 23.2 Å². The highest BCUT2D eigenvalue weighted by Crippen LogP contribution is 2.22. The first-order chi connectivity index (χ1) is 8.24. The fraction of sp³-hybridized carbons (Fsp3) is 0.154. The lowest BCUT2D eigenvalue weighted by Crippen LogP contribution is -2.05. The highest BCUT2D eigenvalue weighted by molar-refractivity contribution is 6.35. The van der Waals surface area contributed by atoms with Gasteiger partial charge in [-0.05, 0) is 30.3 Å². The molecule has 2 rings (SSSR count). The van der Waals surface area contributed by atoms with E-state index in [1.165, 1.54) is 0 Å². The molecular weight excluding hydrogens is 255 g/mol. The molecule has 0 amide bonds. The highest BCUT2D eigenvalue weighted by atomic mass is 35.5. The van der Waals surface area contributed by atoms with E-state index in [2.05, 4.69) is 10.3 Å². The van der Waals surface area contributed by atoms with Crippen LogP contribution in [0.2, 0.25) is 10.0 Å². The molecule has 0 fully saturated rings. The average molecular weight is 267 g/mol. The topological polar surface area (TPSA) is 24.9 Å². The quantitative estimate of drug-likeness (QED) is 0.904. The lowest BCUT2D eigenvalue weighted by Gasteiger charge is -2.07. The molecule has 2 aromatic rings. The Morgan fingerprint density at radius 3 is 2.47 bits per heavy atom. The van der Waals surface area contributed by atoms with Gasteiger partial charge < -0.3 is 5.32 Å². The smallest absolute Gasteiger partial charge is 0.0441 e. The van der Waals surface area contributed by atoms with Gasteiger partial charge in [0.2, 0.25) is 0 Å². The number of anilines is 1. The van der Waals surface area contributed by atoms with Crippen LogP contribution in [-0.4, -0.2) is 11.5 Å². The molecule has 88 valence electrons. The summed E-state index contributed by atoms with van der Waals surface area (Å²) in [5.74, 6) is 0. The number of nitrogens with zero attached hydrogens (tertiary/aromatic N) is 1. The van der Waals surface area contributed by atoms with E-state index in [4.69, 9.17) is 23.2 Å². The van der Waals surface area contributed by atoms with Crippen LogP contribution in [0.1, 0.15) is 5.69 Å². The van der Waals surface area contributed by atoms with Gasteiger partial charge in [-0.3, -0.25) is 4.98 Å². The maximum absolute atomic E-state index is 5.91. The molecule has 0 bridgehead atoms. The predicted octanol–water partition coefficient (Wildman–Crippen LogP) is 4.04. The summed E-state index contributed by atoms with van der Waals surface area (Å²) in [6.07, 6.45) is 2.66. The molecule has 0 radical (unpaired) electrons. The molecule has 0 unspecified atom stereocenters. The fourth-order valence-electron chi connectivity index (χ4n) is 1.54. The first kappa shape index (κ1) is 12.2. The third-order valence-electron chi connectivity index (χ3n) is 2.30. The predicted molar refractivity (Wildman–Crippen MR) is 72.9 cm³/mol. The molecule has 1 aromatic heterocycles. The second-order valence-electron chi connectivity index (χ2n) is 3.66. The minimum atomic E-state index is 0.637. The van der Waals surface area contributed by atoms with Gasteiger partial charge in [-0.1, -0.05) is 29.3 Å². The molecule has 0 saturated heterocycles. The van der Waals surface area contributed by atoms with E-state index >= 15 is 0 Å². The van der Waals surface area contributed by atoms with Crippen molar-refractivity contribution >= 4 is 28.9 Å². The zero-order chi connectivity index (χ0) is 12.1. The Hall–Kier alpha value is -1.25. The van der Waals surface area contributed by atoms with Crippen molar-refractivity contribution < 1.29 is 0 Å². The molecule has 0 atom stereocenters. The number of rotatable bonds is 4. The average Bonchev–Trinajstić information content (AvgIpc) is 2.29. The standard InChI is InChI=1S/C13H12Cl2N2/c14-10-7-11(15)9-13(8-10)17-6-4-12-3-1-2-5-16-12/h1-3,5,7-9,17H,4,6H2. The molecule has 2 nitrogen and oxygen atoms in total. The van der Waals surface area contributed by atoms with Crippen LogP contribution in [0.15, 0.2) is 42.6 Å². The van der Waals surface area contributed by atoms with E-state index < -0.39 is 0 Å². The van der Waals surface area contributed by atoms with E-state index in [1.54, 1.807) is 12.3 Å². The van der Waals surface area contributed by atoms with E-state index in [0.29, 0.717) is 10.0 Å². The number of nitrogens with one attached hydrogen (secondary N) is 1. The van der Waals surface area contributed by atoms with Crippen LogP contribution in [0.4, 0.5) is 5.69 Å². The van der Waals surface area contributed by atoms with Crippen molar-refractivity contribution in [3.63, 3.8) is 0 Å². The Labute approximate surface area is 111 Å². The van der Waals surface area contributed by atoms with Crippen LogP contribution in [0.3, 0.4) is 0 Å². The Kier molecular flexibility index (Phi) is 4.24. The van der Waals surface area contributed by atoms with Gasteiger partial charge in [0.05, 0.1) is 0 Å². The molecule has 1 N–H and O–H groups in total. The summed E-state index contributed by atoms with van der Waals surface area (Å²) in [5.41, 5.74) is 1.99. The summed E-state index contributed by atoms with van der Waals surface area (Å²) in [5, 5.41) is 4.54. The molecule has 1 aromatic carbocycles. The molecule has 4 heteroatoms. The molecule has 0 saturated carbocycles. The lowest BCUT2D eigenvalue weighted by atomic mass is 10.2. The zero-order valence-electron chi connectivity index (χ0n) is 9.16. The fourth-order valence-corrected chi connectivity index (χ4v) is 2.06. The van der Waals surface area contributed by atoms with Gasteiger partial charge in [0.15, 0.2) is 0 Å². The number of pyridine rings is 1. The van der Waals surface area contributed by atoms with Crippen LogP contribution in [-0.2, 0) is 6.42 Å². The summed E-state index contributed by atoms with van der Waals surface area (Å²) in [4.78, 5) is 4.25. The number of halogens is 2. The Bertz CT molecular complexity index is 466. The van der Waals surface area contributed by atoms with Crippen molar-refractivity contribution in [2.24, 2.45) is 0 Å². The van der Waals surface area contributed by atoms with E-state index in [9.17, 15) is 0 Å². The SMILES string of the molecule is Clc1cc(Cl)cc(NCCc2ccccn2)c1. The summed E-state index contributed by atoms with van der Waals surface area (Å²) >= 11 is 11.8. The van der Waals surface area contributed by atoms with Crippen LogP contribution in [0, 0.1) is 0 Å². The Balaban J connectivity index is 1.90. The molecule has 1 heterocycles. The first-order valence-corrected chi connectivity index (χ1v) is 6.09. The van der Waals surface area contributed by atoms with Gasteiger partial charge >= 0.3 is 0 Å². The van der Waals surface area contributed by atoms with Crippen LogP contribution in [0.5, 0.6) is 0 Å². The van der Waals surface area contributed by atoms with E-state index in [-0.39, 0.29) is 0 Å². The zero-order valence-corrected chi connectivity index (χ0v) is 10.7. The largest absolute Gasteiger partial charge is 0.385 e. The van der Waals surface area contributed by atoms with Crippen molar-refractivity contribution in [1.82, 2.24) is 4.98 Å². The van der Waals surface area contributed by atoms with Gasteiger partial charge in [-0.15, -0.1) is 0 Å². The minimum Gasteiger partial charge on any atom is -0.385 e. The number of hydrogen-bond acceptors (Lipinski definition) is 2. The van der Waals surface area contributed by atoms with Crippen molar-refractivity contribution in [1.29, 1.82) is 0 Å². The normalized spacial score (nSPS) is 10.2. The molecular formula is C13H12Cl2N2. The summed E-state index contributed by atoms with van der Waals surface area (Å²) in [7, 11) is 0. The Morgan fingerprint density at radius 2 is 1.82 bits per heavy atom. The third-order valence-corrected chi connectivity index (χ3v) is 2.74. The molecule has 0 aliphatic heterocycles. The van der Waals surface area contributed by atoms with Gasteiger partial charge in [0.1, 0.15) is 0 Å². The van der Waals surface area contributed by atoms with Gasteiger partial charge in [0, 0.05) is 40.6 Å². The van der Waals surface area contributed by atoms with Gasteiger partial charge in [-0.2, -0.15) is 0 Å². The third kappa shape index (κ3) is 3.91. The number of benzene rings is 1. The molecule has 0 spiro atoms. The van der Waals surface area contributed by atoms with E-state index in [1.807, 2.05) is 30.3 Å². The highest BCUT2D eigenvalue weighted by Gasteiger charge is 1.98. The summed E-state index contributed by atoms with van der Waals surface area (Å²) in [6.45, 7) is 0.799. The summed E-state index contributed by atoms with van der Waals surface area (Å²) in [6, 6.07) is 11.3. The van der Waals surface area contributed by atoms with Crippen molar-refractivity contribution in [2.75, 3.05) is 11.9 Å². The number of aromatic nitrogens is 1. The molecule has 17 heavy (non-hydrogen) atoms. The molecule has 0 aliphatic rings. The monoisotopic (exact) mass is 266 g/mol. The van der Waals surface area contributed by atoms with Crippen molar-refractivity contribution in [3.8, 4) is 0 Å². The Morgan fingerprint density at radius 1 is 1.06 bits per heavy atom. The van der Waals surface area contributed by atoms with Crippen LogP contribution in [0.25, 0.3) is 0 Å². The van der Waals surface area contributed by atoms with Crippen molar-refractivity contribution in [3.05, 3.63) is 58.3 Å². The van der Waals surface area contributed by atoms with Gasteiger partial charge in [0.25, 0.3) is 0 Å². The molecule has 0 aliphatic carbocycles. The maximum atomic E-state index is 5.91. The second kappa shape index (κ2) is 5.89. The lowest BCUT2D eigenvalue weighted by molar-refractivity contribution is 0.961. The van der Waals surface area contributed by atoms with Gasteiger partial charge in [-0.25, -0.2) is 0 Å².